The van der Waals surface area contributed by atoms with E-state index < -0.39 is 23.4 Å². The number of nitrogens with two attached hydrogens (primary N) is 1. The Bertz CT molecular complexity index is 382. The highest BCUT2D eigenvalue weighted by Crippen LogP contribution is 2.15. The van der Waals surface area contributed by atoms with Crippen LogP contribution in [0.25, 0.3) is 0 Å². The molecule has 0 heterocycles. The molecule has 0 aromatic carbocycles. The van der Waals surface area contributed by atoms with E-state index in [1.54, 1.807) is 41.5 Å². The first-order valence-electron chi connectivity index (χ1n) is 10.0. The summed E-state index contributed by atoms with van der Waals surface area (Å²) >= 11 is 0. The van der Waals surface area contributed by atoms with Crippen LogP contribution in [-0.4, -0.2) is 53.6 Å². The third-order valence-corrected chi connectivity index (χ3v) is 2.86. The molecule has 170 valence electrons. The highest BCUT2D eigenvalue weighted by molar-refractivity contribution is 5.88. The number of hydrogen-bond acceptors (Lipinski definition) is 6. The first kappa shape index (κ1) is 31.4. The zero-order chi connectivity index (χ0) is 23.1. The lowest BCUT2D eigenvalue weighted by Gasteiger charge is -2.28. The summed E-state index contributed by atoms with van der Waals surface area (Å²) in [5, 5.41) is 8.24. The monoisotopic (exact) mass is 406 g/mol. The lowest BCUT2D eigenvalue weighted by molar-refractivity contribution is 0.000790. The highest BCUT2D eigenvalue weighted by Gasteiger charge is 2.30. The van der Waals surface area contributed by atoms with Crippen LogP contribution in [0.1, 0.15) is 82.1 Å². The predicted molar refractivity (Wildman–Crippen MR) is 115 cm³/mol. The number of carbonyl (C=O) groups is 2. The van der Waals surface area contributed by atoms with E-state index in [4.69, 9.17) is 14.6 Å². The molecule has 0 bridgehead atoms. The van der Waals surface area contributed by atoms with E-state index in [1.165, 1.54) is 7.05 Å². The van der Waals surface area contributed by atoms with Crippen molar-refractivity contribution in [1.82, 2.24) is 4.90 Å². The fourth-order valence-corrected chi connectivity index (χ4v) is 1.54. The SMILES string of the molecule is CC(C)CCN(C(=O)OC(C)(C)C)C(=O)OC(C)(C)C.CC(C)CCO.CN. The van der Waals surface area contributed by atoms with E-state index in [-0.39, 0.29) is 0 Å². The van der Waals surface area contributed by atoms with Gasteiger partial charge in [-0.1, -0.05) is 27.7 Å². The van der Waals surface area contributed by atoms with Crippen molar-refractivity contribution in [3.63, 3.8) is 0 Å². The Balaban J connectivity index is -0.000000660. The molecular weight excluding hydrogens is 360 g/mol. The third kappa shape index (κ3) is 22.7. The molecule has 0 rings (SSSR count). The summed E-state index contributed by atoms with van der Waals surface area (Å²) < 4.78 is 10.5. The van der Waals surface area contributed by atoms with Gasteiger partial charge < -0.3 is 20.3 Å². The summed E-state index contributed by atoms with van der Waals surface area (Å²) in [5.74, 6) is 1.03. The predicted octanol–water partition coefficient (Wildman–Crippen LogP) is 4.80. The molecule has 0 aliphatic rings. The fraction of sp³-hybridized carbons (Fsp3) is 0.905. The smallest absolute Gasteiger partial charge is 0.419 e. The van der Waals surface area contributed by atoms with Crippen LogP contribution in [0.5, 0.6) is 0 Å². The molecule has 0 unspecified atom stereocenters. The molecule has 0 radical (unpaired) electrons. The second kappa shape index (κ2) is 15.6. The highest BCUT2D eigenvalue weighted by atomic mass is 16.6. The van der Waals surface area contributed by atoms with Crippen LogP contribution in [0.4, 0.5) is 9.59 Å². The lowest BCUT2D eigenvalue weighted by atomic mass is 10.1. The van der Waals surface area contributed by atoms with Crippen molar-refractivity contribution >= 4 is 12.2 Å². The van der Waals surface area contributed by atoms with E-state index in [9.17, 15) is 9.59 Å². The summed E-state index contributed by atoms with van der Waals surface area (Å²) in [6.07, 6.45) is 0.318. The molecule has 0 fully saturated rings. The molecule has 0 aliphatic heterocycles. The Kier molecular flexibility index (Phi) is 17.4. The molecule has 0 saturated heterocycles. The summed E-state index contributed by atoms with van der Waals surface area (Å²) in [6.45, 7) is 19.5. The van der Waals surface area contributed by atoms with E-state index in [0.717, 1.165) is 11.3 Å². The number of imide groups is 1. The lowest BCUT2D eigenvalue weighted by Crippen LogP contribution is -2.44. The minimum Gasteiger partial charge on any atom is -0.443 e. The molecule has 0 spiro atoms. The maximum absolute atomic E-state index is 12.1. The van der Waals surface area contributed by atoms with Crippen LogP contribution in [0.15, 0.2) is 0 Å². The van der Waals surface area contributed by atoms with Crippen LogP contribution in [-0.2, 0) is 9.47 Å². The van der Waals surface area contributed by atoms with Crippen LogP contribution in [0.2, 0.25) is 0 Å². The molecule has 0 atom stereocenters. The minimum atomic E-state index is -0.660. The van der Waals surface area contributed by atoms with Crippen molar-refractivity contribution in [1.29, 1.82) is 0 Å². The number of rotatable bonds is 5. The van der Waals surface area contributed by atoms with Crippen molar-refractivity contribution in [3.8, 4) is 0 Å². The number of aliphatic hydroxyl groups is 1. The maximum Gasteiger partial charge on any atom is 0.419 e. The molecule has 3 N–H and O–H groups in total. The Hall–Kier alpha value is -1.34. The van der Waals surface area contributed by atoms with Crippen LogP contribution >= 0.6 is 0 Å². The number of ether oxygens (including phenoxy) is 2. The zero-order valence-electron chi connectivity index (χ0n) is 20.1. The van der Waals surface area contributed by atoms with E-state index in [2.05, 4.69) is 19.6 Å². The van der Waals surface area contributed by atoms with Gasteiger partial charge in [0.05, 0.1) is 0 Å². The van der Waals surface area contributed by atoms with Gasteiger partial charge >= 0.3 is 12.2 Å². The van der Waals surface area contributed by atoms with Crippen LogP contribution < -0.4 is 5.73 Å². The van der Waals surface area contributed by atoms with Crippen LogP contribution in [0.3, 0.4) is 0 Å². The van der Waals surface area contributed by atoms with Gasteiger partial charge in [-0.05, 0) is 73.3 Å². The molecule has 7 heteroatoms. The van der Waals surface area contributed by atoms with Gasteiger partial charge in [-0.2, -0.15) is 0 Å². The average molecular weight is 407 g/mol. The molecular formula is C21H46N2O5. The van der Waals surface area contributed by atoms with Crippen molar-refractivity contribution in [3.05, 3.63) is 0 Å². The Morgan fingerprint density at radius 1 is 0.821 bits per heavy atom. The Labute approximate surface area is 172 Å². The van der Waals surface area contributed by atoms with Gasteiger partial charge in [0.1, 0.15) is 11.2 Å². The Morgan fingerprint density at radius 2 is 1.14 bits per heavy atom. The number of nitrogens with zero attached hydrogens (tertiary/aromatic N) is 1. The first-order chi connectivity index (χ1) is 12.6. The van der Waals surface area contributed by atoms with Gasteiger partial charge in [-0.25, -0.2) is 14.5 Å². The standard InChI is InChI=1S/C15H29NO4.C5H12O.CH5N/c1-11(2)9-10-16(12(17)19-14(3,4)5)13(18)20-15(6,7)8;1-5(2)3-4-6;1-2/h11H,9-10H2,1-8H3;5-6H,3-4H2,1-2H3;2H2,1H3. The largest absolute Gasteiger partial charge is 0.443 e. The summed E-state index contributed by atoms with van der Waals surface area (Å²) in [4.78, 5) is 25.2. The number of hydrogen-bond donors (Lipinski definition) is 2. The van der Waals surface area contributed by atoms with E-state index in [1.807, 2.05) is 13.8 Å². The van der Waals surface area contributed by atoms with Gasteiger partial charge in [-0.3, -0.25) is 0 Å². The van der Waals surface area contributed by atoms with Gasteiger partial charge in [0, 0.05) is 13.2 Å². The van der Waals surface area contributed by atoms with Gasteiger partial charge in [0.2, 0.25) is 0 Å². The molecule has 7 nitrogen and oxygen atoms in total. The molecule has 28 heavy (non-hydrogen) atoms. The summed E-state index contributed by atoms with van der Waals surface area (Å²) in [7, 11) is 1.50. The van der Waals surface area contributed by atoms with Gasteiger partial charge in [-0.15, -0.1) is 0 Å². The van der Waals surface area contributed by atoms with Crippen molar-refractivity contribution in [2.75, 3.05) is 20.2 Å². The Morgan fingerprint density at radius 3 is 1.32 bits per heavy atom. The molecule has 0 saturated carbocycles. The quantitative estimate of drug-likeness (QED) is 0.679. The van der Waals surface area contributed by atoms with E-state index in [0.29, 0.717) is 31.4 Å². The third-order valence-electron chi connectivity index (χ3n) is 2.86. The second-order valence-corrected chi connectivity index (χ2v) is 9.20. The number of aliphatic hydroxyl groups excluding tert-OH is 1. The van der Waals surface area contributed by atoms with Gasteiger partial charge in [0.25, 0.3) is 0 Å². The summed E-state index contributed by atoms with van der Waals surface area (Å²) in [6, 6.07) is 0. The van der Waals surface area contributed by atoms with Crippen molar-refractivity contribution < 1.29 is 24.2 Å². The van der Waals surface area contributed by atoms with Crippen LogP contribution in [0, 0.1) is 11.8 Å². The summed E-state index contributed by atoms with van der Waals surface area (Å²) in [5.41, 5.74) is 3.21. The second-order valence-electron chi connectivity index (χ2n) is 9.20. The average Bonchev–Trinajstić information content (AvgIpc) is 2.45. The number of carbonyl (C=O) groups excluding carboxylic acids is 2. The van der Waals surface area contributed by atoms with E-state index >= 15 is 0 Å². The molecule has 2 amide bonds. The molecule has 0 aromatic rings. The zero-order valence-corrected chi connectivity index (χ0v) is 20.1. The topological polar surface area (TPSA) is 102 Å². The number of amides is 2. The maximum atomic E-state index is 12.1. The van der Waals surface area contributed by atoms with Crippen molar-refractivity contribution in [2.45, 2.75) is 93.3 Å². The molecule has 0 aliphatic carbocycles. The van der Waals surface area contributed by atoms with Crippen molar-refractivity contribution in [2.24, 2.45) is 17.6 Å². The molecule has 0 aromatic heterocycles. The first-order valence-corrected chi connectivity index (χ1v) is 10.0. The normalized spacial score (nSPS) is 11.1. The minimum absolute atomic E-state index is 0.293. The fourth-order valence-electron chi connectivity index (χ4n) is 1.54. The van der Waals surface area contributed by atoms with Gasteiger partial charge in [0.15, 0.2) is 0 Å².